The minimum atomic E-state index is -0.848. The van der Waals surface area contributed by atoms with E-state index in [-0.39, 0.29) is 60.1 Å². The van der Waals surface area contributed by atoms with Crippen molar-refractivity contribution in [3.8, 4) is 0 Å². The average molecular weight is 759 g/mol. The molecule has 3 amide bonds. The molecule has 52 heavy (non-hydrogen) atoms. The van der Waals surface area contributed by atoms with Crippen molar-refractivity contribution >= 4 is 46.3 Å². The SMILES string of the molecule is CNC(C)(C)C(=O)N[C@H](C(=O)N(C)[C@@H](C(C)C)[C@@H](CC(=O)N1CCC[C@H]1[C@H](OC)[C@@H](C)C(=S)N[C@@H](Cc1ccccc1)c1nccs1)OC)C(C)C. The first-order valence-corrected chi connectivity index (χ1v) is 19.7. The van der Waals surface area contributed by atoms with E-state index in [0.717, 1.165) is 24.3 Å². The number of thiazole rings is 1. The molecular formula is C39H62N6O5S2. The Kier molecular flexibility index (Phi) is 16.6. The van der Waals surface area contributed by atoms with Crippen LogP contribution >= 0.6 is 23.6 Å². The van der Waals surface area contributed by atoms with Gasteiger partial charge in [-0.2, -0.15) is 0 Å². The van der Waals surface area contributed by atoms with Crippen LogP contribution in [0.25, 0.3) is 0 Å². The Hall–Kier alpha value is -2.97. The van der Waals surface area contributed by atoms with Crippen LogP contribution in [0.4, 0.5) is 0 Å². The monoisotopic (exact) mass is 758 g/mol. The molecule has 290 valence electrons. The number of amides is 3. The first-order valence-electron chi connectivity index (χ1n) is 18.4. The van der Waals surface area contributed by atoms with Gasteiger partial charge < -0.3 is 35.2 Å². The standard InChI is InChI=1S/C39H62N6O5S2/c1-24(2)32(43-38(48)39(6,7)40-8)37(47)44(9)33(25(3)4)30(49-10)23-31(46)45-20-15-18-29(45)34(50-11)26(5)35(51)42-28(36-41-19-21-52-36)22-27-16-13-12-14-17-27/h12-14,16-17,19,21,24-26,28-30,32-34,40H,15,18,20,22-23H2,1-11H3,(H,42,51)(H,43,48)/t26-,28+,29+,30-,32+,33+,34-/m1/s1. The highest BCUT2D eigenvalue weighted by Crippen LogP contribution is 2.30. The van der Waals surface area contributed by atoms with Crippen molar-refractivity contribution in [2.24, 2.45) is 17.8 Å². The van der Waals surface area contributed by atoms with E-state index in [1.165, 1.54) is 5.56 Å². The number of carbonyl (C=O) groups excluding carboxylic acids is 3. The lowest BCUT2D eigenvalue weighted by atomic mass is 9.91. The van der Waals surface area contributed by atoms with Gasteiger partial charge in [0.25, 0.3) is 0 Å². The van der Waals surface area contributed by atoms with Gasteiger partial charge in [-0.1, -0.05) is 77.2 Å². The Morgan fingerprint density at radius 1 is 1.06 bits per heavy atom. The number of hydrogen-bond donors (Lipinski definition) is 3. The third-order valence-electron chi connectivity index (χ3n) is 10.5. The van der Waals surface area contributed by atoms with Crippen LogP contribution < -0.4 is 16.0 Å². The fraction of sp³-hybridized carbons (Fsp3) is 0.667. The molecule has 0 aliphatic carbocycles. The third-order valence-corrected chi connectivity index (χ3v) is 11.9. The van der Waals surface area contributed by atoms with E-state index in [4.69, 9.17) is 21.7 Å². The molecule has 1 fully saturated rings. The molecule has 0 unspecified atom stereocenters. The van der Waals surface area contributed by atoms with Gasteiger partial charge in [0.2, 0.25) is 17.7 Å². The maximum absolute atomic E-state index is 14.2. The molecule has 7 atom stereocenters. The summed E-state index contributed by atoms with van der Waals surface area (Å²) < 4.78 is 12.1. The smallest absolute Gasteiger partial charge is 0.245 e. The van der Waals surface area contributed by atoms with Crippen LogP contribution in [-0.4, -0.2) is 108 Å². The second-order valence-corrected chi connectivity index (χ2v) is 16.5. The summed E-state index contributed by atoms with van der Waals surface area (Å²) in [5.74, 6) is -0.908. The second-order valence-electron chi connectivity index (χ2n) is 15.1. The molecule has 1 aliphatic heterocycles. The van der Waals surface area contributed by atoms with E-state index in [2.05, 4.69) is 40.0 Å². The molecule has 1 saturated heterocycles. The largest absolute Gasteiger partial charge is 0.379 e. The number of hydrogen-bond acceptors (Lipinski definition) is 9. The van der Waals surface area contributed by atoms with Crippen LogP contribution in [-0.2, 0) is 30.3 Å². The Bertz CT molecular complexity index is 1440. The van der Waals surface area contributed by atoms with Crippen LogP contribution in [0.5, 0.6) is 0 Å². The molecule has 2 heterocycles. The highest BCUT2D eigenvalue weighted by atomic mass is 32.1. The van der Waals surface area contributed by atoms with Gasteiger partial charge in [0, 0.05) is 45.3 Å². The second kappa shape index (κ2) is 19.9. The number of likely N-dealkylation sites (N-methyl/N-ethyl adjacent to an activating group) is 2. The molecule has 0 radical (unpaired) electrons. The first-order chi connectivity index (χ1) is 24.6. The summed E-state index contributed by atoms with van der Waals surface area (Å²) in [7, 11) is 6.72. The maximum atomic E-state index is 14.2. The van der Waals surface area contributed by atoms with E-state index in [1.54, 1.807) is 58.4 Å². The van der Waals surface area contributed by atoms with Gasteiger partial charge >= 0.3 is 0 Å². The van der Waals surface area contributed by atoms with Gasteiger partial charge in [-0.05, 0) is 57.6 Å². The molecular weight excluding hydrogens is 697 g/mol. The van der Waals surface area contributed by atoms with Crippen molar-refractivity contribution in [3.63, 3.8) is 0 Å². The highest BCUT2D eigenvalue weighted by Gasteiger charge is 2.42. The molecule has 2 aromatic rings. The number of carbonyl (C=O) groups is 3. The molecule has 1 aromatic carbocycles. The van der Waals surface area contributed by atoms with Crippen LogP contribution in [0.15, 0.2) is 41.9 Å². The van der Waals surface area contributed by atoms with Crippen molar-refractivity contribution < 1.29 is 23.9 Å². The Morgan fingerprint density at radius 2 is 1.73 bits per heavy atom. The van der Waals surface area contributed by atoms with Crippen molar-refractivity contribution in [2.75, 3.05) is 34.9 Å². The zero-order chi connectivity index (χ0) is 38.7. The average Bonchev–Trinajstić information content (AvgIpc) is 3.83. The Balaban J connectivity index is 1.76. The van der Waals surface area contributed by atoms with Crippen LogP contribution in [0.2, 0.25) is 0 Å². The van der Waals surface area contributed by atoms with Crippen LogP contribution in [0, 0.1) is 17.8 Å². The van der Waals surface area contributed by atoms with Gasteiger partial charge in [0.05, 0.1) is 47.3 Å². The number of methoxy groups -OCH3 is 2. The minimum Gasteiger partial charge on any atom is -0.379 e. The predicted molar refractivity (Wildman–Crippen MR) is 212 cm³/mol. The predicted octanol–water partition coefficient (Wildman–Crippen LogP) is 5.01. The molecule has 1 aromatic heterocycles. The molecule has 3 N–H and O–H groups in total. The van der Waals surface area contributed by atoms with E-state index in [9.17, 15) is 14.4 Å². The van der Waals surface area contributed by atoms with Crippen molar-refractivity contribution in [1.29, 1.82) is 0 Å². The molecule has 0 saturated carbocycles. The Morgan fingerprint density at radius 3 is 2.27 bits per heavy atom. The number of aromatic nitrogens is 1. The molecule has 3 rings (SSSR count). The lowest BCUT2D eigenvalue weighted by molar-refractivity contribution is -0.146. The maximum Gasteiger partial charge on any atom is 0.245 e. The van der Waals surface area contributed by atoms with Gasteiger partial charge in [-0.15, -0.1) is 11.3 Å². The summed E-state index contributed by atoms with van der Waals surface area (Å²) in [6.07, 6.45) is 3.37. The zero-order valence-corrected chi connectivity index (χ0v) is 34.6. The highest BCUT2D eigenvalue weighted by molar-refractivity contribution is 7.80. The number of likely N-dealkylation sites (tertiary alicyclic amines) is 1. The van der Waals surface area contributed by atoms with E-state index < -0.39 is 23.7 Å². The fourth-order valence-electron chi connectivity index (χ4n) is 7.12. The topological polar surface area (TPSA) is 125 Å². The molecule has 0 spiro atoms. The van der Waals surface area contributed by atoms with E-state index in [0.29, 0.717) is 11.5 Å². The summed E-state index contributed by atoms with van der Waals surface area (Å²) in [5.41, 5.74) is 0.336. The van der Waals surface area contributed by atoms with Gasteiger partial charge in [-0.25, -0.2) is 4.98 Å². The third kappa shape index (κ3) is 11.0. The van der Waals surface area contributed by atoms with Crippen molar-refractivity contribution in [1.82, 2.24) is 30.7 Å². The van der Waals surface area contributed by atoms with Crippen LogP contribution in [0.1, 0.15) is 84.3 Å². The Labute approximate surface area is 321 Å². The number of thiocarbonyl (C=S) groups is 1. The van der Waals surface area contributed by atoms with Gasteiger partial charge in [-0.3, -0.25) is 14.4 Å². The fourth-order valence-corrected chi connectivity index (χ4v) is 8.09. The summed E-state index contributed by atoms with van der Waals surface area (Å²) >= 11 is 7.61. The lowest BCUT2D eigenvalue weighted by Crippen LogP contribution is -2.61. The quantitative estimate of drug-likeness (QED) is 0.170. The van der Waals surface area contributed by atoms with Crippen molar-refractivity contribution in [3.05, 3.63) is 52.5 Å². The normalized spacial score (nSPS) is 18.4. The van der Waals surface area contributed by atoms with Crippen LogP contribution in [0.3, 0.4) is 0 Å². The summed E-state index contributed by atoms with van der Waals surface area (Å²) in [6.45, 7) is 14.1. The van der Waals surface area contributed by atoms with Gasteiger partial charge in [0.15, 0.2) is 0 Å². The number of ether oxygens (including phenoxy) is 2. The number of nitrogens with zero attached hydrogens (tertiary/aromatic N) is 3. The summed E-state index contributed by atoms with van der Waals surface area (Å²) in [5, 5.41) is 12.5. The molecule has 0 bridgehead atoms. The van der Waals surface area contributed by atoms with E-state index >= 15 is 0 Å². The number of nitrogens with one attached hydrogen (secondary N) is 3. The summed E-state index contributed by atoms with van der Waals surface area (Å²) in [6, 6.07) is 8.85. The van der Waals surface area contributed by atoms with Gasteiger partial charge in [0.1, 0.15) is 11.0 Å². The number of benzene rings is 1. The van der Waals surface area contributed by atoms with Crippen molar-refractivity contribution in [2.45, 2.75) is 116 Å². The zero-order valence-electron chi connectivity index (χ0n) is 33.0. The first kappa shape index (κ1) is 43.4. The summed E-state index contributed by atoms with van der Waals surface area (Å²) in [4.78, 5) is 50.1. The molecule has 1 aliphatic rings. The molecule has 13 heteroatoms. The minimum absolute atomic E-state index is 0.0322. The molecule has 11 nitrogen and oxygen atoms in total. The number of rotatable bonds is 19. The van der Waals surface area contributed by atoms with E-state index in [1.807, 2.05) is 62.4 Å². The lowest BCUT2D eigenvalue weighted by Gasteiger charge is -2.40.